The Morgan fingerprint density at radius 3 is 3.00 bits per heavy atom. The maximum absolute atomic E-state index is 13.1. The molecule has 4 heterocycles. The molecule has 3 aliphatic rings. The van der Waals surface area contributed by atoms with Crippen molar-refractivity contribution in [1.29, 1.82) is 0 Å². The predicted octanol–water partition coefficient (Wildman–Crippen LogP) is 1.55. The molecule has 150 valence electrons. The van der Waals surface area contributed by atoms with Gasteiger partial charge in [0.05, 0.1) is 0 Å². The second kappa shape index (κ2) is 7.06. The van der Waals surface area contributed by atoms with Gasteiger partial charge in [0.1, 0.15) is 0 Å². The van der Waals surface area contributed by atoms with Crippen molar-refractivity contribution >= 4 is 66.8 Å². The number of nitrogens with one attached hydrogen (secondary N) is 1. The average Bonchev–Trinajstić information content (AvgIpc) is 3.29. The first-order chi connectivity index (χ1) is 14.6. The number of aromatic nitrogens is 2. The Balaban J connectivity index is 1.63. The number of carbonyl (C=O) groups is 1. The van der Waals surface area contributed by atoms with E-state index in [9.17, 15) is 9.59 Å². The molecular formula is C21H17BrN4O3Sn. The summed E-state index contributed by atoms with van der Waals surface area (Å²) in [5, 5.41) is 3.86. The quantitative estimate of drug-likeness (QED) is 0.415. The van der Waals surface area contributed by atoms with Crippen LogP contribution in [0.3, 0.4) is 0 Å². The van der Waals surface area contributed by atoms with E-state index in [0.29, 0.717) is 28.7 Å². The van der Waals surface area contributed by atoms with E-state index in [4.69, 9.17) is 9.73 Å². The van der Waals surface area contributed by atoms with Crippen molar-refractivity contribution in [3.8, 4) is 5.75 Å². The molecule has 1 aromatic heterocycles. The van der Waals surface area contributed by atoms with E-state index in [1.807, 2.05) is 30.3 Å². The van der Waals surface area contributed by atoms with Gasteiger partial charge in [-0.15, -0.1) is 0 Å². The van der Waals surface area contributed by atoms with Gasteiger partial charge in [-0.3, -0.25) is 0 Å². The molecule has 9 heteroatoms. The van der Waals surface area contributed by atoms with Crippen LogP contribution in [0.25, 0.3) is 10.9 Å². The average molecular weight is 572 g/mol. The van der Waals surface area contributed by atoms with Gasteiger partial charge >= 0.3 is 191 Å². The van der Waals surface area contributed by atoms with E-state index in [1.54, 1.807) is 4.68 Å². The van der Waals surface area contributed by atoms with Crippen LogP contribution >= 0.6 is 15.9 Å². The van der Waals surface area contributed by atoms with Crippen LogP contribution in [0.2, 0.25) is 0 Å². The van der Waals surface area contributed by atoms with Crippen LogP contribution in [0.15, 0.2) is 44.6 Å². The molecular weight excluding hydrogens is 555 g/mol. The SMILES string of the molecule is O=[C]1[Sn][c]2cc(Br)cc3c2N=C1c1cccc2c(=O)n([nH]c12)CCN1CC[C@@H](C1)O3. The van der Waals surface area contributed by atoms with Gasteiger partial charge in [-0.05, 0) is 0 Å². The Morgan fingerprint density at radius 1 is 1.20 bits per heavy atom. The first-order valence-corrected chi connectivity index (χ1v) is 13.6. The van der Waals surface area contributed by atoms with Crippen LogP contribution in [0.1, 0.15) is 12.0 Å². The topological polar surface area (TPSA) is 79.7 Å². The fraction of sp³-hybridized carbons (Fsp3) is 0.286. The molecule has 2 atom stereocenters. The van der Waals surface area contributed by atoms with Gasteiger partial charge in [0.25, 0.3) is 0 Å². The third kappa shape index (κ3) is 2.99. The van der Waals surface area contributed by atoms with E-state index < -0.39 is 21.1 Å². The Morgan fingerprint density at radius 2 is 2.10 bits per heavy atom. The van der Waals surface area contributed by atoms with E-state index in [0.717, 1.165) is 45.5 Å². The van der Waals surface area contributed by atoms with Crippen LogP contribution in [0.5, 0.6) is 5.75 Å². The Labute approximate surface area is 190 Å². The van der Waals surface area contributed by atoms with E-state index in [1.165, 1.54) is 0 Å². The second-order valence-electron chi connectivity index (χ2n) is 7.84. The number of carbonyl (C=O) groups excluding carboxylic acids is 1. The Kier molecular flexibility index (Phi) is 4.43. The van der Waals surface area contributed by atoms with Gasteiger partial charge in [-0.2, -0.15) is 0 Å². The molecule has 0 amide bonds. The molecule has 1 unspecified atom stereocenters. The zero-order valence-corrected chi connectivity index (χ0v) is 20.4. The van der Waals surface area contributed by atoms with Crippen molar-refractivity contribution < 1.29 is 9.53 Å². The molecule has 30 heavy (non-hydrogen) atoms. The zero-order valence-electron chi connectivity index (χ0n) is 15.9. The fourth-order valence-electron chi connectivity index (χ4n) is 4.46. The molecule has 1 fully saturated rings. The summed E-state index contributed by atoms with van der Waals surface area (Å²) in [7, 11) is 0. The number of halogens is 1. The summed E-state index contributed by atoms with van der Waals surface area (Å²) in [6, 6.07) is 9.49. The first kappa shape index (κ1) is 18.8. The molecule has 1 saturated heterocycles. The summed E-state index contributed by atoms with van der Waals surface area (Å²) in [4.78, 5) is 33.2. The summed E-state index contributed by atoms with van der Waals surface area (Å²) < 4.78 is 10.1. The first-order valence-electron chi connectivity index (χ1n) is 9.91. The molecule has 6 rings (SSSR count). The van der Waals surface area contributed by atoms with Crippen molar-refractivity contribution in [2.45, 2.75) is 19.1 Å². The van der Waals surface area contributed by atoms with Crippen LogP contribution in [0, 0.1) is 0 Å². The van der Waals surface area contributed by atoms with Gasteiger partial charge in [0.15, 0.2) is 0 Å². The third-order valence-corrected chi connectivity index (χ3v) is 9.57. The molecule has 6 bridgehead atoms. The molecule has 2 radical (unpaired) electrons. The van der Waals surface area contributed by atoms with Gasteiger partial charge in [-0.25, -0.2) is 0 Å². The number of rotatable bonds is 0. The van der Waals surface area contributed by atoms with Crippen molar-refractivity contribution in [3.05, 3.63) is 50.7 Å². The molecule has 1 N–H and O–H groups in total. The van der Waals surface area contributed by atoms with Crippen LogP contribution < -0.4 is 13.9 Å². The van der Waals surface area contributed by atoms with E-state index in [-0.39, 0.29) is 15.5 Å². The normalized spacial score (nSPS) is 22.7. The van der Waals surface area contributed by atoms with Crippen molar-refractivity contribution in [1.82, 2.24) is 14.7 Å². The minimum atomic E-state index is -1.57. The number of H-pyrrole nitrogens is 1. The van der Waals surface area contributed by atoms with Crippen LogP contribution in [-0.4, -0.2) is 71.1 Å². The van der Waals surface area contributed by atoms with Crippen LogP contribution in [-0.2, 0) is 11.3 Å². The molecule has 0 spiro atoms. The summed E-state index contributed by atoms with van der Waals surface area (Å²) >= 11 is 2.00. The Bertz CT molecular complexity index is 1310. The van der Waals surface area contributed by atoms with Crippen LogP contribution in [0.4, 0.5) is 5.69 Å². The summed E-state index contributed by atoms with van der Waals surface area (Å²) in [6.07, 6.45) is 1.01. The third-order valence-electron chi connectivity index (χ3n) is 5.93. The number of aromatic amines is 1. The zero-order chi connectivity index (χ0) is 20.4. The monoisotopic (exact) mass is 572 g/mol. The number of benzene rings is 2. The molecule has 7 nitrogen and oxygen atoms in total. The summed E-state index contributed by atoms with van der Waals surface area (Å²) in [5.41, 5.74) is 2.57. The molecule has 2 aromatic carbocycles. The Hall–Kier alpha value is -1.91. The standard InChI is InChI=1S/C21H17BrN4O3.Sn/c22-13-4-5-17-19(10-13)29-14-6-7-25(11-14)8-9-26-21(28)16-3-1-2-15(20(16)24-26)18(12-27)23-17;/h1-4,10,14,24H,6-9,11H2;/t14-;/m0./s1. The molecule has 3 aromatic rings. The fourth-order valence-corrected chi connectivity index (χ4v) is 8.57. The predicted molar refractivity (Wildman–Crippen MR) is 119 cm³/mol. The van der Waals surface area contributed by atoms with E-state index >= 15 is 0 Å². The number of hydrogen-bond acceptors (Lipinski definition) is 5. The van der Waals surface area contributed by atoms with Gasteiger partial charge < -0.3 is 0 Å². The summed E-state index contributed by atoms with van der Waals surface area (Å²) in [5.74, 6) is 0.743. The molecule has 3 aliphatic heterocycles. The van der Waals surface area contributed by atoms with E-state index in [2.05, 4.69) is 25.9 Å². The minimum absolute atomic E-state index is 0.0532. The van der Waals surface area contributed by atoms with Crippen molar-refractivity contribution in [2.75, 3.05) is 19.6 Å². The number of ether oxygens (including phenoxy) is 1. The number of para-hydroxylation sites is 1. The second-order valence-corrected chi connectivity index (χ2v) is 12.3. The number of hydrogen-bond donors (Lipinski definition) is 1. The van der Waals surface area contributed by atoms with Gasteiger partial charge in [0.2, 0.25) is 0 Å². The summed E-state index contributed by atoms with van der Waals surface area (Å²) in [6.45, 7) is 3.09. The number of nitrogens with zero attached hydrogens (tertiary/aromatic N) is 3. The maximum atomic E-state index is 13.1. The van der Waals surface area contributed by atoms with Crippen molar-refractivity contribution in [3.63, 3.8) is 0 Å². The molecule has 0 saturated carbocycles. The van der Waals surface area contributed by atoms with Gasteiger partial charge in [-0.1, -0.05) is 0 Å². The van der Waals surface area contributed by atoms with Gasteiger partial charge in [0, 0.05) is 0 Å². The molecule has 0 aliphatic carbocycles. The number of fused-ring (bicyclic) bond motifs is 4. The van der Waals surface area contributed by atoms with Crippen molar-refractivity contribution in [2.24, 2.45) is 4.99 Å². The number of aliphatic imine (C=N–C) groups is 1.